The van der Waals surface area contributed by atoms with Crippen LogP contribution in [0.15, 0.2) is 18.2 Å². The topological polar surface area (TPSA) is 35.8 Å². The van der Waals surface area contributed by atoms with Gasteiger partial charge in [0, 0.05) is 12.2 Å². The van der Waals surface area contributed by atoms with Crippen LogP contribution in [0.4, 0.5) is 18.9 Å². The second-order valence-electron chi connectivity index (χ2n) is 2.90. The molecule has 0 atom stereocenters. The van der Waals surface area contributed by atoms with E-state index in [0.29, 0.717) is 12.2 Å². The maximum absolute atomic E-state index is 12.5. The van der Waals surface area contributed by atoms with Crippen LogP contribution in [0.3, 0.4) is 0 Å². The molecule has 0 bridgehead atoms. The van der Waals surface area contributed by atoms with Crippen molar-refractivity contribution in [2.24, 2.45) is 0 Å². The van der Waals surface area contributed by atoms with Crippen LogP contribution in [-0.2, 0) is 6.18 Å². The highest BCUT2D eigenvalue weighted by molar-refractivity contribution is 5.52. The van der Waals surface area contributed by atoms with E-state index < -0.39 is 11.7 Å². The molecule has 1 aromatic carbocycles. The van der Waals surface area contributed by atoms with Crippen molar-refractivity contribution < 1.29 is 13.2 Å². The minimum atomic E-state index is -4.49. The highest BCUT2D eigenvalue weighted by Gasteiger charge is 2.33. The van der Waals surface area contributed by atoms with E-state index in [0.717, 1.165) is 6.07 Å². The first kappa shape index (κ1) is 11.4. The first-order chi connectivity index (χ1) is 6.99. The molecule has 0 aliphatic heterocycles. The summed E-state index contributed by atoms with van der Waals surface area (Å²) in [5, 5.41) is 11.3. The van der Waals surface area contributed by atoms with Gasteiger partial charge in [-0.3, -0.25) is 0 Å². The van der Waals surface area contributed by atoms with Gasteiger partial charge in [0.1, 0.15) is 0 Å². The zero-order valence-corrected chi connectivity index (χ0v) is 8.02. The molecule has 80 valence electrons. The molecule has 0 aliphatic carbocycles. The van der Waals surface area contributed by atoms with Crippen molar-refractivity contribution in [3.63, 3.8) is 0 Å². The molecule has 0 radical (unpaired) electrons. The summed E-state index contributed by atoms with van der Waals surface area (Å²) in [4.78, 5) is 0. The van der Waals surface area contributed by atoms with Gasteiger partial charge in [0.25, 0.3) is 0 Å². The zero-order valence-electron chi connectivity index (χ0n) is 8.02. The zero-order chi connectivity index (χ0) is 11.5. The van der Waals surface area contributed by atoms with Crippen LogP contribution in [0.1, 0.15) is 18.1 Å². The van der Waals surface area contributed by atoms with E-state index in [9.17, 15) is 13.2 Å². The maximum atomic E-state index is 12.5. The standard InChI is InChI=1S/C10H9F3N2/c1-2-15-8-4-3-7(6-14)9(5-8)10(11,12)13/h3-5,15H,2H2,1H3. The van der Waals surface area contributed by atoms with Crippen molar-refractivity contribution >= 4 is 5.69 Å². The molecule has 0 saturated heterocycles. The molecule has 2 nitrogen and oxygen atoms in total. The molecule has 1 aromatic rings. The average Bonchev–Trinajstić information content (AvgIpc) is 2.17. The van der Waals surface area contributed by atoms with Gasteiger partial charge < -0.3 is 5.32 Å². The molecule has 1 rings (SSSR count). The first-order valence-electron chi connectivity index (χ1n) is 4.34. The van der Waals surface area contributed by atoms with Gasteiger partial charge in [0.15, 0.2) is 0 Å². The average molecular weight is 214 g/mol. The van der Waals surface area contributed by atoms with Crippen LogP contribution in [0, 0.1) is 11.3 Å². The minimum Gasteiger partial charge on any atom is -0.385 e. The van der Waals surface area contributed by atoms with E-state index in [1.54, 1.807) is 6.92 Å². The van der Waals surface area contributed by atoms with Crippen molar-refractivity contribution in [2.45, 2.75) is 13.1 Å². The van der Waals surface area contributed by atoms with Gasteiger partial charge in [0.05, 0.1) is 17.2 Å². The number of anilines is 1. The van der Waals surface area contributed by atoms with Gasteiger partial charge in [-0.25, -0.2) is 0 Å². The van der Waals surface area contributed by atoms with Crippen molar-refractivity contribution in [2.75, 3.05) is 11.9 Å². The predicted molar refractivity (Wildman–Crippen MR) is 50.3 cm³/mol. The third-order valence-electron chi connectivity index (χ3n) is 1.83. The number of benzene rings is 1. The van der Waals surface area contributed by atoms with Gasteiger partial charge in [-0.05, 0) is 25.1 Å². The summed E-state index contributed by atoms with van der Waals surface area (Å²) in [5.74, 6) is 0. The van der Waals surface area contributed by atoms with Gasteiger partial charge >= 0.3 is 6.18 Å². The summed E-state index contributed by atoms with van der Waals surface area (Å²) >= 11 is 0. The molecule has 0 aliphatic rings. The monoisotopic (exact) mass is 214 g/mol. The molecule has 0 unspecified atom stereocenters. The third-order valence-corrected chi connectivity index (χ3v) is 1.83. The van der Waals surface area contributed by atoms with Crippen LogP contribution in [0.25, 0.3) is 0 Å². The fraction of sp³-hybridized carbons (Fsp3) is 0.300. The van der Waals surface area contributed by atoms with E-state index in [2.05, 4.69) is 5.32 Å². The Kier molecular flexibility index (Phi) is 3.20. The van der Waals surface area contributed by atoms with Crippen LogP contribution in [0.5, 0.6) is 0 Å². The van der Waals surface area contributed by atoms with Crippen molar-refractivity contribution in [1.82, 2.24) is 0 Å². The van der Waals surface area contributed by atoms with E-state index in [1.165, 1.54) is 18.2 Å². The quantitative estimate of drug-likeness (QED) is 0.821. The Hall–Kier alpha value is -1.70. The Morgan fingerprint density at radius 1 is 1.40 bits per heavy atom. The number of nitrogens with zero attached hydrogens (tertiary/aromatic N) is 1. The number of hydrogen-bond donors (Lipinski definition) is 1. The Morgan fingerprint density at radius 2 is 2.07 bits per heavy atom. The van der Waals surface area contributed by atoms with Gasteiger partial charge in [-0.15, -0.1) is 0 Å². The molecular formula is C10H9F3N2. The fourth-order valence-corrected chi connectivity index (χ4v) is 1.19. The Balaban J connectivity index is 3.21. The molecule has 1 N–H and O–H groups in total. The number of alkyl halides is 3. The summed E-state index contributed by atoms with van der Waals surface area (Å²) in [6.45, 7) is 2.31. The largest absolute Gasteiger partial charge is 0.417 e. The van der Waals surface area contributed by atoms with Crippen LogP contribution < -0.4 is 5.32 Å². The number of nitriles is 1. The van der Waals surface area contributed by atoms with E-state index in [-0.39, 0.29) is 5.56 Å². The molecule has 0 amide bonds. The van der Waals surface area contributed by atoms with Crippen LogP contribution >= 0.6 is 0 Å². The fourth-order valence-electron chi connectivity index (χ4n) is 1.19. The molecule has 5 heteroatoms. The number of halogens is 3. The Morgan fingerprint density at radius 3 is 2.53 bits per heavy atom. The van der Waals surface area contributed by atoms with Gasteiger partial charge in [0.2, 0.25) is 0 Å². The smallest absolute Gasteiger partial charge is 0.385 e. The minimum absolute atomic E-state index is 0.357. The summed E-state index contributed by atoms with van der Waals surface area (Å²) in [5.41, 5.74) is -0.892. The Bertz CT molecular complexity index is 391. The maximum Gasteiger partial charge on any atom is 0.417 e. The lowest BCUT2D eigenvalue weighted by molar-refractivity contribution is -0.137. The van der Waals surface area contributed by atoms with Crippen molar-refractivity contribution in [1.29, 1.82) is 5.26 Å². The highest BCUT2D eigenvalue weighted by Crippen LogP contribution is 2.33. The SMILES string of the molecule is CCNc1ccc(C#N)c(C(F)(F)F)c1. The second-order valence-corrected chi connectivity index (χ2v) is 2.90. The van der Waals surface area contributed by atoms with E-state index in [1.807, 2.05) is 0 Å². The normalized spacial score (nSPS) is 10.9. The molecule has 0 fully saturated rings. The molecule has 0 spiro atoms. The summed E-state index contributed by atoms with van der Waals surface area (Å²) in [6, 6.07) is 5.09. The summed E-state index contributed by atoms with van der Waals surface area (Å²) in [6.07, 6.45) is -4.49. The summed E-state index contributed by atoms with van der Waals surface area (Å²) < 4.78 is 37.4. The molecule has 0 saturated carbocycles. The lowest BCUT2D eigenvalue weighted by atomic mass is 10.1. The van der Waals surface area contributed by atoms with Crippen molar-refractivity contribution in [3.05, 3.63) is 29.3 Å². The lowest BCUT2D eigenvalue weighted by Gasteiger charge is -2.11. The molecule has 0 heterocycles. The van der Waals surface area contributed by atoms with E-state index in [4.69, 9.17) is 5.26 Å². The first-order valence-corrected chi connectivity index (χ1v) is 4.34. The highest BCUT2D eigenvalue weighted by atomic mass is 19.4. The number of nitrogens with one attached hydrogen (secondary N) is 1. The number of hydrogen-bond acceptors (Lipinski definition) is 2. The van der Waals surface area contributed by atoms with Crippen molar-refractivity contribution in [3.8, 4) is 6.07 Å². The third kappa shape index (κ3) is 2.62. The molecular weight excluding hydrogens is 205 g/mol. The second kappa shape index (κ2) is 4.22. The van der Waals surface area contributed by atoms with Gasteiger partial charge in [-0.2, -0.15) is 18.4 Å². The van der Waals surface area contributed by atoms with Crippen LogP contribution in [0.2, 0.25) is 0 Å². The van der Waals surface area contributed by atoms with Crippen LogP contribution in [-0.4, -0.2) is 6.54 Å². The number of rotatable bonds is 2. The van der Waals surface area contributed by atoms with Gasteiger partial charge in [-0.1, -0.05) is 0 Å². The summed E-state index contributed by atoms with van der Waals surface area (Å²) in [7, 11) is 0. The Labute approximate surface area is 85.3 Å². The molecule has 15 heavy (non-hydrogen) atoms. The van der Waals surface area contributed by atoms with E-state index >= 15 is 0 Å². The lowest BCUT2D eigenvalue weighted by Crippen LogP contribution is -2.09. The molecule has 0 aromatic heterocycles. The predicted octanol–water partition coefficient (Wildman–Crippen LogP) is 3.01.